The number of rotatable bonds is 15. The summed E-state index contributed by atoms with van der Waals surface area (Å²) in [5.41, 5.74) is -0.0243. The van der Waals surface area contributed by atoms with Gasteiger partial charge in [0.1, 0.15) is 0 Å². The lowest BCUT2D eigenvalue weighted by Crippen LogP contribution is -2.47. The standard InChI is InChI=1S/C21H33O6P/c1-4-7-19(10-22-11-19)16-25-28(26-17-20(8-5-2)12-23-13-20)27-18-21(9-6-3)14-24-15-21/h4-6H,1-3,7-18H2. The minimum Gasteiger partial charge on any atom is -0.380 e. The van der Waals surface area contributed by atoms with E-state index in [2.05, 4.69) is 19.7 Å². The van der Waals surface area contributed by atoms with Crippen LogP contribution in [-0.4, -0.2) is 59.5 Å². The third kappa shape index (κ3) is 5.31. The van der Waals surface area contributed by atoms with Gasteiger partial charge in [-0.15, -0.1) is 19.7 Å². The van der Waals surface area contributed by atoms with E-state index in [1.807, 2.05) is 18.2 Å². The van der Waals surface area contributed by atoms with Gasteiger partial charge < -0.3 is 27.8 Å². The molecule has 0 atom stereocenters. The van der Waals surface area contributed by atoms with Crippen LogP contribution in [0.1, 0.15) is 19.3 Å². The van der Waals surface area contributed by atoms with E-state index in [0.29, 0.717) is 59.5 Å². The zero-order chi connectivity index (χ0) is 19.9. The molecule has 7 heteroatoms. The summed E-state index contributed by atoms with van der Waals surface area (Å²) in [6.07, 6.45) is 8.35. The van der Waals surface area contributed by atoms with Crippen LogP contribution in [0.15, 0.2) is 38.0 Å². The monoisotopic (exact) mass is 412 g/mol. The molecule has 0 N–H and O–H groups in total. The summed E-state index contributed by atoms with van der Waals surface area (Å²) in [7, 11) is -1.47. The molecule has 3 fully saturated rings. The van der Waals surface area contributed by atoms with Crippen LogP contribution in [0, 0.1) is 16.2 Å². The number of allylic oxidation sites excluding steroid dienone is 3. The molecule has 0 amide bonds. The fraction of sp³-hybridized carbons (Fsp3) is 0.714. The van der Waals surface area contributed by atoms with Gasteiger partial charge in [-0.1, -0.05) is 18.2 Å². The average molecular weight is 412 g/mol. The molecule has 0 aromatic carbocycles. The van der Waals surface area contributed by atoms with Crippen LogP contribution in [-0.2, 0) is 27.8 Å². The van der Waals surface area contributed by atoms with Crippen molar-refractivity contribution in [2.24, 2.45) is 16.2 Å². The molecule has 3 saturated heterocycles. The van der Waals surface area contributed by atoms with Crippen LogP contribution in [0.2, 0.25) is 0 Å². The molecule has 6 nitrogen and oxygen atoms in total. The van der Waals surface area contributed by atoms with E-state index in [-0.39, 0.29) is 16.2 Å². The second kappa shape index (κ2) is 9.94. The van der Waals surface area contributed by atoms with Gasteiger partial charge in [0, 0.05) is 16.2 Å². The molecule has 0 aromatic rings. The summed E-state index contributed by atoms with van der Waals surface area (Å²) in [4.78, 5) is 0. The largest absolute Gasteiger partial charge is 0.380 e. The van der Waals surface area contributed by atoms with Crippen LogP contribution in [0.4, 0.5) is 0 Å². The lowest BCUT2D eigenvalue weighted by Gasteiger charge is -2.43. The summed E-state index contributed by atoms with van der Waals surface area (Å²) in [6, 6.07) is 0. The van der Waals surface area contributed by atoms with E-state index in [1.165, 1.54) is 0 Å². The van der Waals surface area contributed by atoms with Crippen LogP contribution < -0.4 is 0 Å². The van der Waals surface area contributed by atoms with Crippen molar-refractivity contribution in [2.45, 2.75) is 19.3 Å². The molecule has 28 heavy (non-hydrogen) atoms. The zero-order valence-corrected chi connectivity index (χ0v) is 17.6. The molecule has 0 spiro atoms. The molecule has 158 valence electrons. The first-order valence-electron chi connectivity index (χ1n) is 9.84. The highest BCUT2D eigenvalue weighted by atomic mass is 31.2. The van der Waals surface area contributed by atoms with Crippen molar-refractivity contribution in [1.29, 1.82) is 0 Å². The fourth-order valence-corrected chi connectivity index (χ4v) is 4.91. The Balaban J connectivity index is 1.55. The van der Waals surface area contributed by atoms with Gasteiger partial charge in [0.2, 0.25) is 0 Å². The van der Waals surface area contributed by atoms with E-state index in [1.54, 1.807) is 0 Å². The molecular formula is C21H33O6P. The molecule has 0 unspecified atom stereocenters. The molecule has 0 aromatic heterocycles. The van der Waals surface area contributed by atoms with E-state index < -0.39 is 8.60 Å². The van der Waals surface area contributed by atoms with Gasteiger partial charge >= 0.3 is 8.60 Å². The third-order valence-corrected chi connectivity index (χ3v) is 6.63. The molecule has 0 bridgehead atoms. The van der Waals surface area contributed by atoms with Gasteiger partial charge in [-0.05, 0) is 19.3 Å². The van der Waals surface area contributed by atoms with Crippen molar-refractivity contribution in [3.8, 4) is 0 Å². The van der Waals surface area contributed by atoms with Gasteiger partial charge in [-0.25, -0.2) is 0 Å². The van der Waals surface area contributed by atoms with Gasteiger partial charge in [0.25, 0.3) is 0 Å². The fourth-order valence-electron chi connectivity index (χ4n) is 3.55. The predicted octanol–water partition coefficient (Wildman–Crippen LogP) is 4.04. The van der Waals surface area contributed by atoms with E-state index in [0.717, 1.165) is 19.3 Å². The van der Waals surface area contributed by atoms with Gasteiger partial charge in [0.15, 0.2) is 0 Å². The maximum Gasteiger partial charge on any atom is 0.332 e. The Kier molecular flexibility index (Phi) is 7.85. The molecule has 0 aliphatic carbocycles. The lowest BCUT2D eigenvalue weighted by atomic mass is 9.84. The number of hydrogen-bond donors (Lipinski definition) is 0. The highest BCUT2D eigenvalue weighted by molar-refractivity contribution is 7.41. The topological polar surface area (TPSA) is 55.4 Å². The summed E-state index contributed by atoms with van der Waals surface area (Å²) < 4.78 is 34.7. The number of ether oxygens (including phenoxy) is 3. The highest BCUT2D eigenvalue weighted by Gasteiger charge is 2.43. The summed E-state index contributed by atoms with van der Waals surface area (Å²) in [5.74, 6) is 0. The Labute approximate surface area is 169 Å². The lowest BCUT2D eigenvalue weighted by molar-refractivity contribution is -0.148. The van der Waals surface area contributed by atoms with Crippen LogP contribution >= 0.6 is 8.60 Å². The number of hydrogen-bond acceptors (Lipinski definition) is 6. The Morgan fingerprint density at radius 1 is 0.607 bits per heavy atom. The van der Waals surface area contributed by atoms with Crippen molar-refractivity contribution < 1.29 is 27.8 Å². The molecule has 0 saturated carbocycles. The first-order chi connectivity index (χ1) is 13.6. The predicted molar refractivity (Wildman–Crippen MR) is 109 cm³/mol. The average Bonchev–Trinajstić information content (AvgIpc) is 2.59. The quantitative estimate of drug-likeness (QED) is 0.299. The second-order valence-corrected chi connectivity index (χ2v) is 9.72. The maximum atomic E-state index is 6.15. The van der Waals surface area contributed by atoms with Crippen molar-refractivity contribution >= 4 is 8.60 Å². The molecule has 3 aliphatic heterocycles. The first kappa shape index (κ1) is 22.1. The van der Waals surface area contributed by atoms with Crippen molar-refractivity contribution in [3.05, 3.63) is 38.0 Å². The van der Waals surface area contributed by atoms with E-state index in [9.17, 15) is 0 Å². The van der Waals surface area contributed by atoms with Crippen LogP contribution in [0.3, 0.4) is 0 Å². The van der Waals surface area contributed by atoms with Crippen molar-refractivity contribution in [3.63, 3.8) is 0 Å². The Hall–Kier alpha value is -0.590. The SMILES string of the molecule is C=CCC1(COP(OCC2(CC=C)COC2)OCC2(CC=C)COC2)COC1. The second-order valence-electron chi connectivity index (χ2n) is 8.50. The zero-order valence-electron chi connectivity index (χ0n) is 16.7. The normalized spacial score (nSPS) is 23.9. The van der Waals surface area contributed by atoms with Gasteiger partial charge in [-0.3, -0.25) is 0 Å². The summed E-state index contributed by atoms with van der Waals surface area (Å²) in [6.45, 7) is 17.3. The highest BCUT2D eigenvalue weighted by Crippen LogP contribution is 2.48. The summed E-state index contributed by atoms with van der Waals surface area (Å²) in [5, 5.41) is 0. The van der Waals surface area contributed by atoms with Crippen LogP contribution in [0.25, 0.3) is 0 Å². The van der Waals surface area contributed by atoms with E-state index >= 15 is 0 Å². The van der Waals surface area contributed by atoms with E-state index in [4.69, 9.17) is 27.8 Å². The van der Waals surface area contributed by atoms with Crippen LogP contribution in [0.5, 0.6) is 0 Å². The molecule has 3 aliphatic rings. The van der Waals surface area contributed by atoms with Gasteiger partial charge in [-0.2, -0.15) is 0 Å². The Morgan fingerprint density at radius 3 is 1.07 bits per heavy atom. The van der Waals surface area contributed by atoms with Crippen molar-refractivity contribution in [2.75, 3.05) is 59.5 Å². The molecule has 3 rings (SSSR count). The summed E-state index contributed by atoms with van der Waals surface area (Å²) >= 11 is 0. The Morgan fingerprint density at radius 2 is 0.893 bits per heavy atom. The van der Waals surface area contributed by atoms with Crippen molar-refractivity contribution in [1.82, 2.24) is 0 Å². The minimum absolute atomic E-state index is 0.00811. The molecular weight excluding hydrogens is 379 g/mol. The molecule has 3 heterocycles. The smallest absolute Gasteiger partial charge is 0.332 e. The Bertz CT molecular complexity index is 463. The maximum absolute atomic E-state index is 6.15. The first-order valence-corrected chi connectivity index (χ1v) is 10.9. The molecule has 0 radical (unpaired) electrons. The third-order valence-electron chi connectivity index (χ3n) is 5.61. The van der Waals surface area contributed by atoms with Gasteiger partial charge in [0.05, 0.1) is 59.5 Å². The minimum atomic E-state index is -1.47.